The molecule has 19 heavy (non-hydrogen) atoms. The molecule has 1 atom stereocenters. The Labute approximate surface area is 123 Å². The van der Waals surface area contributed by atoms with E-state index in [4.69, 9.17) is 23.2 Å². The summed E-state index contributed by atoms with van der Waals surface area (Å²) in [5.41, 5.74) is 3.12. The lowest BCUT2D eigenvalue weighted by atomic mass is 9.82. The van der Waals surface area contributed by atoms with Crippen LogP contribution in [-0.4, -0.2) is 9.97 Å². The first-order valence-corrected chi connectivity index (χ1v) is 7.10. The molecule has 0 radical (unpaired) electrons. The lowest BCUT2D eigenvalue weighted by molar-refractivity contribution is 0.594. The standard InChI is InChI=1S/C15H16Cl2N2/c1-3-5-7-10(4-2)11-8-6-9-12-13(11)18-15(17)19-14(12)16/h3-5,7,11H,2,6,8-9H2,1H3. The van der Waals surface area contributed by atoms with Crippen molar-refractivity contribution in [2.24, 2.45) is 0 Å². The first-order chi connectivity index (χ1) is 9.17. The Balaban J connectivity index is 2.49. The van der Waals surface area contributed by atoms with Crippen LogP contribution in [-0.2, 0) is 6.42 Å². The van der Waals surface area contributed by atoms with Crippen LogP contribution >= 0.6 is 23.2 Å². The Bertz CT molecular complexity index is 547. The molecule has 0 N–H and O–H groups in total. The van der Waals surface area contributed by atoms with E-state index in [0.717, 1.165) is 36.1 Å². The summed E-state index contributed by atoms with van der Waals surface area (Å²) in [7, 11) is 0. The summed E-state index contributed by atoms with van der Waals surface area (Å²) in [6.45, 7) is 5.88. The monoisotopic (exact) mass is 294 g/mol. The zero-order valence-corrected chi connectivity index (χ0v) is 12.4. The fraction of sp³-hybridized carbons (Fsp3) is 0.333. The molecule has 0 fully saturated rings. The van der Waals surface area contributed by atoms with Gasteiger partial charge in [-0.2, -0.15) is 0 Å². The van der Waals surface area contributed by atoms with Crippen LogP contribution in [0.2, 0.25) is 10.4 Å². The number of aromatic nitrogens is 2. The Morgan fingerprint density at radius 2 is 2.16 bits per heavy atom. The third kappa shape index (κ3) is 3.07. The van der Waals surface area contributed by atoms with Gasteiger partial charge in [0, 0.05) is 11.5 Å². The van der Waals surface area contributed by atoms with Gasteiger partial charge in [0.15, 0.2) is 0 Å². The maximum atomic E-state index is 6.17. The smallest absolute Gasteiger partial charge is 0.222 e. The van der Waals surface area contributed by atoms with Crippen molar-refractivity contribution in [3.8, 4) is 0 Å². The number of fused-ring (bicyclic) bond motifs is 1. The second kappa shape index (κ2) is 6.36. The lowest BCUT2D eigenvalue weighted by Crippen LogP contribution is -2.15. The van der Waals surface area contributed by atoms with Gasteiger partial charge in [0.05, 0.1) is 5.69 Å². The number of hydrogen-bond donors (Lipinski definition) is 0. The van der Waals surface area contributed by atoms with Crippen molar-refractivity contribution in [2.45, 2.75) is 32.1 Å². The van der Waals surface area contributed by atoms with Crippen LogP contribution in [0.25, 0.3) is 0 Å². The molecule has 0 spiro atoms. The number of allylic oxidation sites excluding steroid dienone is 5. The van der Waals surface area contributed by atoms with Crippen molar-refractivity contribution in [1.29, 1.82) is 0 Å². The zero-order chi connectivity index (χ0) is 13.8. The molecule has 100 valence electrons. The molecule has 0 aliphatic heterocycles. The topological polar surface area (TPSA) is 25.8 Å². The molecule has 0 saturated carbocycles. The highest BCUT2D eigenvalue weighted by Crippen LogP contribution is 2.38. The number of rotatable bonds is 3. The summed E-state index contributed by atoms with van der Waals surface area (Å²) in [5, 5.41) is 0.694. The molecule has 2 rings (SSSR count). The predicted octanol–water partition coefficient (Wildman–Crippen LogP) is 4.89. The Kier molecular flexibility index (Phi) is 4.78. The van der Waals surface area contributed by atoms with Gasteiger partial charge in [-0.25, -0.2) is 9.97 Å². The molecule has 0 bridgehead atoms. The van der Waals surface area contributed by atoms with Gasteiger partial charge in [-0.1, -0.05) is 42.5 Å². The minimum Gasteiger partial charge on any atom is -0.222 e. The molecule has 1 aliphatic carbocycles. The van der Waals surface area contributed by atoms with Crippen molar-refractivity contribution in [1.82, 2.24) is 9.97 Å². The Morgan fingerprint density at radius 3 is 2.84 bits per heavy atom. The first-order valence-electron chi connectivity index (χ1n) is 6.34. The second-order valence-electron chi connectivity index (χ2n) is 4.49. The van der Waals surface area contributed by atoms with E-state index in [9.17, 15) is 0 Å². The van der Waals surface area contributed by atoms with Gasteiger partial charge in [-0.05, 0) is 43.4 Å². The molecule has 4 heteroatoms. The van der Waals surface area contributed by atoms with E-state index in [1.54, 1.807) is 0 Å². The van der Waals surface area contributed by atoms with Crippen LogP contribution in [0.5, 0.6) is 0 Å². The SMILES string of the molecule is C=CC(=CC=CC)C1CCCc2c(Cl)nc(Cl)nc21. The number of nitrogens with zero attached hydrogens (tertiary/aromatic N) is 2. The molecule has 1 aliphatic rings. The van der Waals surface area contributed by atoms with Crippen LogP contribution < -0.4 is 0 Å². The van der Waals surface area contributed by atoms with E-state index in [1.807, 2.05) is 25.2 Å². The first kappa shape index (κ1) is 14.3. The summed E-state index contributed by atoms with van der Waals surface area (Å²) in [4.78, 5) is 8.42. The average Bonchev–Trinajstić information content (AvgIpc) is 2.40. The van der Waals surface area contributed by atoms with E-state index >= 15 is 0 Å². The highest BCUT2D eigenvalue weighted by atomic mass is 35.5. The third-order valence-corrected chi connectivity index (χ3v) is 3.81. The number of halogens is 2. The van der Waals surface area contributed by atoms with E-state index in [2.05, 4.69) is 22.6 Å². The normalized spacial score (nSPS) is 19.5. The molecular weight excluding hydrogens is 279 g/mol. The van der Waals surface area contributed by atoms with E-state index in [0.29, 0.717) is 5.15 Å². The largest absolute Gasteiger partial charge is 0.224 e. The minimum atomic E-state index is 0.204. The van der Waals surface area contributed by atoms with Gasteiger partial charge < -0.3 is 0 Å². The summed E-state index contributed by atoms with van der Waals surface area (Å²) in [6, 6.07) is 0. The highest BCUT2D eigenvalue weighted by molar-refractivity contribution is 6.32. The maximum absolute atomic E-state index is 6.17. The van der Waals surface area contributed by atoms with Crippen LogP contribution in [0.15, 0.2) is 36.5 Å². The molecule has 1 aromatic rings. The quantitative estimate of drug-likeness (QED) is 0.450. The fourth-order valence-corrected chi connectivity index (χ4v) is 2.93. The van der Waals surface area contributed by atoms with Crippen molar-refractivity contribution >= 4 is 23.2 Å². The van der Waals surface area contributed by atoms with Crippen molar-refractivity contribution < 1.29 is 0 Å². The van der Waals surface area contributed by atoms with Crippen LogP contribution in [0.1, 0.15) is 36.9 Å². The van der Waals surface area contributed by atoms with Crippen LogP contribution in [0.3, 0.4) is 0 Å². The summed E-state index contributed by atoms with van der Waals surface area (Å²) >= 11 is 12.1. The second-order valence-corrected chi connectivity index (χ2v) is 5.18. The summed E-state index contributed by atoms with van der Waals surface area (Å²) in [6.07, 6.45) is 11.0. The fourth-order valence-electron chi connectivity index (χ4n) is 2.44. The zero-order valence-electron chi connectivity index (χ0n) is 10.9. The van der Waals surface area contributed by atoms with Gasteiger partial charge >= 0.3 is 0 Å². The van der Waals surface area contributed by atoms with Gasteiger partial charge in [0.2, 0.25) is 5.28 Å². The van der Waals surface area contributed by atoms with Gasteiger partial charge in [-0.15, -0.1) is 0 Å². The van der Waals surface area contributed by atoms with Gasteiger partial charge in [0.1, 0.15) is 5.15 Å². The van der Waals surface area contributed by atoms with Crippen molar-refractivity contribution in [2.75, 3.05) is 0 Å². The van der Waals surface area contributed by atoms with Gasteiger partial charge in [-0.3, -0.25) is 0 Å². The number of hydrogen-bond acceptors (Lipinski definition) is 2. The Morgan fingerprint density at radius 1 is 1.37 bits per heavy atom. The predicted molar refractivity (Wildman–Crippen MR) is 80.8 cm³/mol. The molecule has 0 amide bonds. The maximum Gasteiger partial charge on any atom is 0.224 e. The van der Waals surface area contributed by atoms with Gasteiger partial charge in [0.25, 0.3) is 0 Å². The van der Waals surface area contributed by atoms with Crippen molar-refractivity contribution in [3.63, 3.8) is 0 Å². The summed E-state index contributed by atoms with van der Waals surface area (Å²) < 4.78 is 0. The van der Waals surface area contributed by atoms with E-state index in [-0.39, 0.29) is 11.2 Å². The molecule has 1 aromatic heterocycles. The lowest BCUT2D eigenvalue weighted by Gasteiger charge is -2.25. The summed E-state index contributed by atoms with van der Waals surface area (Å²) in [5.74, 6) is 0.204. The molecule has 1 heterocycles. The van der Waals surface area contributed by atoms with Crippen LogP contribution in [0.4, 0.5) is 0 Å². The molecular formula is C15H16Cl2N2. The molecule has 0 aromatic carbocycles. The van der Waals surface area contributed by atoms with E-state index < -0.39 is 0 Å². The molecule has 0 saturated heterocycles. The Hall–Kier alpha value is -1.12. The van der Waals surface area contributed by atoms with Crippen molar-refractivity contribution in [3.05, 3.63) is 58.2 Å². The highest BCUT2D eigenvalue weighted by Gasteiger charge is 2.26. The third-order valence-electron chi connectivity index (χ3n) is 3.33. The average molecular weight is 295 g/mol. The molecule has 1 unspecified atom stereocenters. The minimum absolute atomic E-state index is 0.204. The van der Waals surface area contributed by atoms with E-state index in [1.165, 1.54) is 0 Å². The van der Waals surface area contributed by atoms with Crippen LogP contribution in [0, 0.1) is 0 Å². The molecule has 2 nitrogen and oxygen atoms in total.